The van der Waals surface area contributed by atoms with Crippen molar-refractivity contribution in [3.05, 3.63) is 29.3 Å². The molecule has 0 atom stereocenters. The lowest BCUT2D eigenvalue weighted by atomic mass is 9.94. The lowest BCUT2D eigenvalue weighted by Crippen LogP contribution is -2.30. The monoisotopic (exact) mass is 258 g/mol. The Morgan fingerprint density at radius 2 is 2.00 bits per heavy atom. The first kappa shape index (κ1) is 13.0. The zero-order chi connectivity index (χ0) is 13.5. The van der Waals surface area contributed by atoms with Crippen LogP contribution in [0.3, 0.4) is 0 Å². The lowest BCUT2D eigenvalue weighted by Gasteiger charge is -2.26. The van der Waals surface area contributed by atoms with Crippen LogP contribution in [0, 0.1) is 5.92 Å². The molecule has 0 saturated heterocycles. The van der Waals surface area contributed by atoms with Crippen molar-refractivity contribution in [2.75, 3.05) is 18.0 Å². The van der Waals surface area contributed by atoms with Gasteiger partial charge < -0.3 is 10.6 Å². The Labute approximate surface area is 117 Å². The van der Waals surface area contributed by atoms with E-state index in [1.807, 2.05) is 0 Å². The van der Waals surface area contributed by atoms with Crippen LogP contribution in [0.25, 0.3) is 0 Å². The first-order valence-corrected chi connectivity index (χ1v) is 7.71. The Kier molecular flexibility index (Phi) is 3.30. The quantitative estimate of drug-likeness (QED) is 0.900. The smallest absolute Gasteiger partial charge is 0.0403 e. The summed E-state index contributed by atoms with van der Waals surface area (Å²) in [6.07, 6.45) is 6.91. The van der Waals surface area contributed by atoms with E-state index in [1.165, 1.54) is 62.0 Å². The second-order valence-electron chi connectivity index (χ2n) is 6.91. The fraction of sp³-hybridized carbons (Fsp3) is 0.647. The van der Waals surface area contributed by atoms with Gasteiger partial charge in [0.05, 0.1) is 0 Å². The van der Waals surface area contributed by atoms with E-state index in [4.69, 9.17) is 5.73 Å². The van der Waals surface area contributed by atoms with Crippen molar-refractivity contribution >= 4 is 5.69 Å². The predicted molar refractivity (Wildman–Crippen MR) is 81.5 cm³/mol. The standard InChI is InChI=1S/C17H26N2/c1-17(2,18)15-8-7-14-9-10-19(16(14)11-15)12-13-5-3-4-6-13/h7-8,11,13H,3-6,9-10,12,18H2,1-2H3. The van der Waals surface area contributed by atoms with Crippen molar-refractivity contribution in [3.8, 4) is 0 Å². The zero-order valence-corrected chi connectivity index (χ0v) is 12.3. The van der Waals surface area contributed by atoms with Gasteiger partial charge >= 0.3 is 0 Å². The van der Waals surface area contributed by atoms with Crippen LogP contribution in [0.15, 0.2) is 18.2 Å². The number of anilines is 1. The van der Waals surface area contributed by atoms with Crippen LogP contribution in [0.2, 0.25) is 0 Å². The van der Waals surface area contributed by atoms with Gasteiger partial charge in [-0.2, -0.15) is 0 Å². The minimum absolute atomic E-state index is 0.239. The van der Waals surface area contributed by atoms with Crippen LogP contribution in [0.1, 0.15) is 50.7 Å². The van der Waals surface area contributed by atoms with Crippen molar-refractivity contribution in [1.82, 2.24) is 0 Å². The first-order valence-electron chi connectivity index (χ1n) is 7.71. The van der Waals surface area contributed by atoms with Gasteiger partial charge in [-0.15, -0.1) is 0 Å². The summed E-state index contributed by atoms with van der Waals surface area (Å²) < 4.78 is 0. The van der Waals surface area contributed by atoms with Crippen LogP contribution in [0.5, 0.6) is 0 Å². The minimum Gasteiger partial charge on any atom is -0.371 e. The molecule has 1 fully saturated rings. The van der Waals surface area contributed by atoms with Gasteiger partial charge in [0.15, 0.2) is 0 Å². The highest BCUT2D eigenvalue weighted by Gasteiger charge is 2.25. The molecule has 0 spiro atoms. The summed E-state index contributed by atoms with van der Waals surface area (Å²) in [5, 5.41) is 0. The van der Waals surface area contributed by atoms with Gasteiger partial charge in [-0.3, -0.25) is 0 Å². The summed E-state index contributed by atoms with van der Waals surface area (Å²) >= 11 is 0. The van der Waals surface area contributed by atoms with Crippen molar-refractivity contribution in [2.45, 2.75) is 51.5 Å². The molecule has 1 aliphatic heterocycles. The Bertz CT molecular complexity index is 453. The molecule has 2 aliphatic rings. The van der Waals surface area contributed by atoms with Crippen molar-refractivity contribution < 1.29 is 0 Å². The highest BCUT2D eigenvalue weighted by atomic mass is 15.1. The zero-order valence-electron chi connectivity index (χ0n) is 12.3. The van der Waals surface area contributed by atoms with Crippen LogP contribution < -0.4 is 10.6 Å². The molecule has 0 amide bonds. The van der Waals surface area contributed by atoms with Crippen molar-refractivity contribution in [2.24, 2.45) is 11.7 Å². The fourth-order valence-corrected chi connectivity index (χ4v) is 3.54. The van der Waals surface area contributed by atoms with Gasteiger partial charge in [0.1, 0.15) is 0 Å². The molecule has 0 unspecified atom stereocenters. The van der Waals surface area contributed by atoms with Crippen LogP contribution >= 0.6 is 0 Å². The average Bonchev–Trinajstić information content (AvgIpc) is 2.98. The third kappa shape index (κ3) is 2.64. The molecule has 1 aromatic carbocycles. The second kappa shape index (κ2) is 4.82. The van der Waals surface area contributed by atoms with E-state index in [9.17, 15) is 0 Å². The van der Waals surface area contributed by atoms with E-state index in [-0.39, 0.29) is 5.54 Å². The maximum absolute atomic E-state index is 6.24. The number of hydrogen-bond acceptors (Lipinski definition) is 2. The van der Waals surface area contributed by atoms with Crippen molar-refractivity contribution in [3.63, 3.8) is 0 Å². The Hall–Kier alpha value is -1.02. The van der Waals surface area contributed by atoms with Crippen LogP contribution in [-0.2, 0) is 12.0 Å². The minimum atomic E-state index is -0.239. The number of rotatable bonds is 3. The third-order valence-electron chi connectivity index (χ3n) is 4.77. The Morgan fingerprint density at radius 3 is 2.68 bits per heavy atom. The van der Waals surface area contributed by atoms with E-state index in [0.29, 0.717) is 0 Å². The Morgan fingerprint density at radius 1 is 1.26 bits per heavy atom. The summed E-state index contributed by atoms with van der Waals surface area (Å²) in [4.78, 5) is 2.60. The molecule has 0 bridgehead atoms. The molecular weight excluding hydrogens is 232 g/mol. The van der Waals surface area contributed by atoms with E-state index >= 15 is 0 Å². The topological polar surface area (TPSA) is 29.3 Å². The summed E-state index contributed by atoms with van der Waals surface area (Å²) in [5.41, 5.74) is 10.2. The van der Waals surface area contributed by atoms with Crippen LogP contribution in [-0.4, -0.2) is 13.1 Å². The fourth-order valence-electron chi connectivity index (χ4n) is 3.54. The maximum atomic E-state index is 6.24. The van der Waals surface area contributed by atoms with E-state index in [1.54, 1.807) is 0 Å². The van der Waals surface area contributed by atoms with Gasteiger partial charge in [-0.25, -0.2) is 0 Å². The van der Waals surface area contributed by atoms with E-state index < -0.39 is 0 Å². The highest BCUT2D eigenvalue weighted by Crippen LogP contribution is 2.34. The highest BCUT2D eigenvalue weighted by molar-refractivity contribution is 5.60. The van der Waals surface area contributed by atoms with Gasteiger partial charge in [0.25, 0.3) is 0 Å². The SMILES string of the molecule is CC(C)(N)c1ccc2c(c1)N(CC1CCCC1)CC2. The maximum Gasteiger partial charge on any atom is 0.0403 e. The molecule has 2 heteroatoms. The summed E-state index contributed by atoms with van der Waals surface area (Å²) in [6.45, 7) is 6.62. The van der Waals surface area contributed by atoms with Gasteiger partial charge in [-0.1, -0.05) is 25.0 Å². The number of benzene rings is 1. The van der Waals surface area contributed by atoms with Gasteiger partial charge in [0.2, 0.25) is 0 Å². The molecule has 104 valence electrons. The molecule has 1 saturated carbocycles. The van der Waals surface area contributed by atoms with Crippen LogP contribution in [0.4, 0.5) is 5.69 Å². The number of nitrogens with zero attached hydrogens (tertiary/aromatic N) is 1. The lowest BCUT2D eigenvalue weighted by molar-refractivity contribution is 0.536. The number of fused-ring (bicyclic) bond motifs is 1. The molecule has 19 heavy (non-hydrogen) atoms. The summed E-state index contributed by atoms with van der Waals surface area (Å²) in [5.74, 6) is 0.917. The average molecular weight is 258 g/mol. The molecular formula is C17H26N2. The van der Waals surface area contributed by atoms with Crippen molar-refractivity contribution in [1.29, 1.82) is 0 Å². The summed E-state index contributed by atoms with van der Waals surface area (Å²) in [6, 6.07) is 6.82. The van der Waals surface area contributed by atoms with Gasteiger partial charge in [-0.05, 0) is 56.2 Å². The summed E-state index contributed by atoms with van der Waals surface area (Å²) in [7, 11) is 0. The van der Waals surface area contributed by atoms with E-state index in [0.717, 1.165) is 5.92 Å². The molecule has 3 rings (SSSR count). The van der Waals surface area contributed by atoms with E-state index in [2.05, 4.69) is 36.9 Å². The molecule has 0 radical (unpaired) electrons. The molecule has 1 aliphatic carbocycles. The molecule has 1 heterocycles. The number of nitrogens with two attached hydrogens (primary N) is 1. The predicted octanol–water partition coefficient (Wildman–Crippen LogP) is 3.43. The first-order chi connectivity index (χ1) is 9.04. The largest absolute Gasteiger partial charge is 0.371 e. The number of hydrogen-bond donors (Lipinski definition) is 1. The van der Waals surface area contributed by atoms with Gasteiger partial charge in [0, 0.05) is 24.3 Å². The normalized spacial score (nSPS) is 20.1. The molecule has 0 aromatic heterocycles. The molecule has 2 nitrogen and oxygen atoms in total. The molecule has 1 aromatic rings. The third-order valence-corrected chi connectivity index (χ3v) is 4.77. The Balaban J connectivity index is 1.81. The molecule has 2 N–H and O–H groups in total. The second-order valence-corrected chi connectivity index (χ2v) is 6.91.